The fourth-order valence-electron chi connectivity index (χ4n) is 6.35. The van der Waals surface area contributed by atoms with Gasteiger partial charge in [-0.2, -0.15) is 5.26 Å². The van der Waals surface area contributed by atoms with Gasteiger partial charge in [-0.15, -0.1) is 0 Å². The van der Waals surface area contributed by atoms with Crippen molar-refractivity contribution in [3.8, 4) is 40.2 Å². The predicted molar refractivity (Wildman–Crippen MR) is 249 cm³/mol. The fraction of sp³-hybridized carbons (Fsp3) is 0.208. The molecular formula is C48H41Cl4N5O8. The molecule has 1 unspecified atom stereocenters. The normalized spacial score (nSPS) is 12.0. The summed E-state index contributed by atoms with van der Waals surface area (Å²) in [6, 6.07) is 22.7. The number of carboxylic acid groups (broad SMARTS) is 1. The smallest absolute Gasteiger partial charge is 0.326 e. The second-order valence-electron chi connectivity index (χ2n) is 14.8. The molecule has 4 aromatic carbocycles. The molecule has 3 N–H and O–H groups in total. The van der Waals surface area contributed by atoms with Gasteiger partial charge < -0.3 is 29.2 Å². The van der Waals surface area contributed by atoms with E-state index in [9.17, 15) is 25.1 Å². The number of nitriles is 1. The molecule has 0 saturated carbocycles. The number of Topliss-reactive ketones (excluding diaryl/α,β-unsaturated/α-hetero) is 1. The number of aliphatic carboxylic acids is 1. The molecule has 6 aromatic rings. The highest BCUT2D eigenvalue weighted by molar-refractivity contribution is 6.37. The fourth-order valence-corrected chi connectivity index (χ4v) is 7.38. The summed E-state index contributed by atoms with van der Waals surface area (Å²) in [4.78, 5) is 36.8. The monoisotopic (exact) mass is 955 g/mol. The highest BCUT2D eigenvalue weighted by Crippen LogP contribution is 2.40. The van der Waals surface area contributed by atoms with Gasteiger partial charge in [-0.3, -0.25) is 29.9 Å². The minimum Gasteiger partial charge on any atom is -0.488 e. The number of aliphatic imine (C=N–C) groups is 1. The van der Waals surface area contributed by atoms with Gasteiger partial charge in [0.1, 0.15) is 61.0 Å². The quantitative estimate of drug-likeness (QED) is 0.0487. The van der Waals surface area contributed by atoms with Crippen molar-refractivity contribution >= 4 is 64.4 Å². The first-order chi connectivity index (χ1) is 31.2. The van der Waals surface area contributed by atoms with E-state index in [0.29, 0.717) is 54.7 Å². The molecule has 0 spiro atoms. The molecule has 0 bridgehead atoms. The lowest BCUT2D eigenvalue weighted by Crippen LogP contribution is -2.52. The number of hydrogen-bond acceptors (Lipinski definition) is 12. The summed E-state index contributed by atoms with van der Waals surface area (Å²) >= 11 is 27.4. The SMILES string of the molecule is CN=Cc1cncc(COc2cc(OCc3cccc(-c4cccc(COc5cc(OCc6cncc(C#N)c6)c(C(C)=O)cc5Cl)c4Cl)c3Cl)c(Cl)cc2CNC(C)(CO)C(=O)O)c1. The molecule has 0 aliphatic rings. The van der Waals surface area contributed by atoms with Crippen LogP contribution in [0.5, 0.6) is 23.0 Å². The van der Waals surface area contributed by atoms with Crippen LogP contribution in [0.1, 0.15) is 63.1 Å². The Labute approximate surface area is 395 Å². The van der Waals surface area contributed by atoms with Crippen molar-refractivity contribution < 1.29 is 38.7 Å². The zero-order chi connectivity index (χ0) is 46.7. The van der Waals surface area contributed by atoms with Crippen LogP contribution in [0, 0.1) is 11.3 Å². The molecule has 6 rings (SSSR count). The predicted octanol–water partition coefficient (Wildman–Crippen LogP) is 10.1. The lowest BCUT2D eigenvalue weighted by Gasteiger charge is -2.25. The van der Waals surface area contributed by atoms with Crippen molar-refractivity contribution in [1.82, 2.24) is 15.3 Å². The van der Waals surface area contributed by atoms with Crippen molar-refractivity contribution in [1.29, 1.82) is 5.26 Å². The highest BCUT2D eigenvalue weighted by Gasteiger charge is 2.32. The van der Waals surface area contributed by atoms with Gasteiger partial charge in [-0.1, -0.05) is 82.8 Å². The van der Waals surface area contributed by atoms with E-state index in [1.807, 2.05) is 36.4 Å². The van der Waals surface area contributed by atoms with E-state index in [2.05, 4.69) is 20.3 Å². The number of pyridine rings is 2. The van der Waals surface area contributed by atoms with E-state index in [4.69, 9.17) is 65.4 Å². The molecule has 2 aromatic heterocycles. The van der Waals surface area contributed by atoms with Crippen LogP contribution in [0.25, 0.3) is 11.1 Å². The summed E-state index contributed by atoms with van der Waals surface area (Å²) < 4.78 is 24.6. The molecule has 0 fully saturated rings. The minimum absolute atomic E-state index is 0.00127. The van der Waals surface area contributed by atoms with E-state index in [1.54, 1.807) is 62.2 Å². The van der Waals surface area contributed by atoms with Crippen LogP contribution < -0.4 is 24.3 Å². The molecule has 0 amide bonds. The number of ketones is 1. The zero-order valence-corrected chi connectivity index (χ0v) is 38.2. The zero-order valence-electron chi connectivity index (χ0n) is 35.2. The third kappa shape index (κ3) is 12.1. The molecule has 0 saturated heterocycles. The molecule has 0 radical (unpaired) electrons. The molecule has 334 valence electrons. The molecule has 17 heteroatoms. The van der Waals surface area contributed by atoms with Gasteiger partial charge in [-0.05, 0) is 38.1 Å². The Morgan fingerprint density at radius 3 is 1.88 bits per heavy atom. The van der Waals surface area contributed by atoms with Gasteiger partial charge in [0.15, 0.2) is 5.78 Å². The number of halogens is 4. The van der Waals surface area contributed by atoms with Crippen molar-refractivity contribution in [3.05, 3.63) is 162 Å². The Balaban J connectivity index is 1.20. The Bertz CT molecular complexity index is 2800. The first kappa shape index (κ1) is 48.2. The van der Waals surface area contributed by atoms with Gasteiger partial charge in [0.25, 0.3) is 0 Å². The number of aliphatic hydroxyl groups is 1. The Kier molecular flexibility index (Phi) is 16.4. The van der Waals surface area contributed by atoms with Crippen molar-refractivity contribution in [2.75, 3.05) is 13.7 Å². The number of ether oxygens (including phenoxy) is 4. The van der Waals surface area contributed by atoms with Gasteiger partial charge in [0.05, 0.1) is 37.8 Å². The first-order valence-electron chi connectivity index (χ1n) is 19.8. The molecule has 0 aliphatic carbocycles. The minimum atomic E-state index is -1.63. The number of carbonyl (C=O) groups excluding carboxylic acids is 1. The Morgan fingerprint density at radius 2 is 1.31 bits per heavy atom. The van der Waals surface area contributed by atoms with Crippen LogP contribution in [-0.4, -0.2) is 57.3 Å². The average molecular weight is 958 g/mol. The number of nitrogens with one attached hydrogen (secondary N) is 1. The molecule has 0 aliphatic heterocycles. The van der Waals surface area contributed by atoms with E-state index >= 15 is 0 Å². The lowest BCUT2D eigenvalue weighted by molar-refractivity contribution is -0.145. The van der Waals surface area contributed by atoms with E-state index in [0.717, 1.165) is 11.1 Å². The van der Waals surface area contributed by atoms with E-state index < -0.39 is 18.1 Å². The van der Waals surface area contributed by atoms with Gasteiger partial charge >= 0.3 is 5.97 Å². The van der Waals surface area contributed by atoms with E-state index in [1.165, 1.54) is 32.2 Å². The average Bonchev–Trinajstić information content (AvgIpc) is 3.30. The third-order valence-corrected chi connectivity index (χ3v) is 11.5. The first-order valence-corrected chi connectivity index (χ1v) is 21.3. The van der Waals surface area contributed by atoms with Crippen LogP contribution in [0.15, 0.2) is 103 Å². The van der Waals surface area contributed by atoms with Crippen LogP contribution in [0.2, 0.25) is 20.1 Å². The summed E-state index contributed by atoms with van der Waals surface area (Å²) in [7, 11) is 1.66. The highest BCUT2D eigenvalue weighted by atomic mass is 35.5. The summed E-state index contributed by atoms with van der Waals surface area (Å²) in [5, 5.41) is 32.8. The summed E-state index contributed by atoms with van der Waals surface area (Å²) in [6.45, 7) is 2.25. The van der Waals surface area contributed by atoms with Crippen molar-refractivity contribution in [2.24, 2.45) is 4.99 Å². The number of nitrogens with zero attached hydrogens (tertiary/aromatic N) is 4. The molecular weight excluding hydrogens is 916 g/mol. The van der Waals surface area contributed by atoms with Crippen molar-refractivity contribution in [2.45, 2.75) is 52.4 Å². The molecule has 13 nitrogen and oxygen atoms in total. The number of carboxylic acids is 1. The Hall–Kier alpha value is -6.24. The summed E-state index contributed by atoms with van der Waals surface area (Å²) in [6.07, 6.45) is 8.01. The number of benzene rings is 4. The second kappa shape index (κ2) is 22.1. The maximum absolute atomic E-state index is 12.5. The standard InChI is InChI=1S/C48H41Cl4N5O8/c1-28(59)38-13-40(50)44(15-42(38)63-24-31-10-29(16-53)18-55-20-31)65-26-34-7-5-9-37(46(34)52)36-8-4-6-33(45(36)51)25-64-43-14-41(62-23-32-11-30(17-54-3)19-56-21-32)35(12-39(43)49)22-57-48(2,27-58)47(60)61/h4-15,17-21,57-58H,22-27H2,1-3H3,(H,60,61). The summed E-state index contributed by atoms with van der Waals surface area (Å²) in [5.74, 6) is -0.379. The van der Waals surface area contributed by atoms with Crippen LogP contribution in [0.4, 0.5) is 0 Å². The number of rotatable bonds is 20. The maximum Gasteiger partial charge on any atom is 0.326 e. The van der Waals surface area contributed by atoms with Crippen LogP contribution in [-0.2, 0) is 37.8 Å². The van der Waals surface area contributed by atoms with Gasteiger partial charge in [-0.25, -0.2) is 0 Å². The molecule has 65 heavy (non-hydrogen) atoms. The van der Waals surface area contributed by atoms with Crippen LogP contribution >= 0.6 is 46.4 Å². The van der Waals surface area contributed by atoms with Crippen LogP contribution in [0.3, 0.4) is 0 Å². The largest absolute Gasteiger partial charge is 0.488 e. The van der Waals surface area contributed by atoms with Crippen molar-refractivity contribution in [3.63, 3.8) is 0 Å². The molecule has 2 heterocycles. The Morgan fingerprint density at radius 1 is 0.754 bits per heavy atom. The third-order valence-electron chi connectivity index (χ3n) is 10.0. The van der Waals surface area contributed by atoms with E-state index in [-0.39, 0.29) is 71.6 Å². The maximum atomic E-state index is 12.5. The molecule has 1 atom stereocenters. The number of aliphatic hydroxyl groups excluding tert-OH is 1. The lowest BCUT2D eigenvalue weighted by atomic mass is 10.0. The number of hydrogen-bond donors (Lipinski definition) is 3. The topological polar surface area (TPSA) is 185 Å². The van der Waals surface area contributed by atoms with Gasteiger partial charge in [0.2, 0.25) is 0 Å². The second-order valence-corrected chi connectivity index (χ2v) is 16.4. The van der Waals surface area contributed by atoms with Gasteiger partial charge in [0, 0.05) is 101 Å². The number of carbonyl (C=O) groups is 2. The number of aromatic nitrogens is 2. The summed E-state index contributed by atoms with van der Waals surface area (Å²) in [5.41, 5.74) is 4.18.